The van der Waals surface area contributed by atoms with E-state index in [9.17, 15) is 9.59 Å². The van der Waals surface area contributed by atoms with Crippen LogP contribution in [0.5, 0.6) is 0 Å². The zero-order valence-corrected chi connectivity index (χ0v) is 12.2. The van der Waals surface area contributed by atoms with Crippen LogP contribution in [0.4, 0.5) is 0 Å². The van der Waals surface area contributed by atoms with E-state index in [4.69, 9.17) is 4.74 Å². The van der Waals surface area contributed by atoms with E-state index in [0.717, 1.165) is 5.56 Å². The zero-order chi connectivity index (χ0) is 14.4. The van der Waals surface area contributed by atoms with Crippen molar-refractivity contribution in [2.75, 3.05) is 26.3 Å². The van der Waals surface area contributed by atoms with Gasteiger partial charge in [-0.1, -0.05) is 0 Å². The second-order valence-electron chi connectivity index (χ2n) is 4.56. The molecule has 1 unspecified atom stereocenters. The molecule has 1 aliphatic rings. The lowest BCUT2D eigenvalue weighted by molar-refractivity contribution is -0.138. The van der Waals surface area contributed by atoms with Gasteiger partial charge in [-0.2, -0.15) is 11.3 Å². The Balaban J connectivity index is 1.82. The number of morpholine rings is 1. The lowest BCUT2D eigenvalue weighted by Crippen LogP contribution is -2.50. The molecule has 0 bridgehead atoms. The molecule has 1 fully saturated rings. The highest BCUT2D eigenvalue weighted by atomic mass is 32.1. The van der Waals surface area contributed by atoms with Gasteiger partial charge < -0.3 is 15.0 Å². The Labute approximate surface area is 122 Å². The molecule has 2 amide bonds. The van der Waals surface area contributed by atoms with Gasteiger partial charge in [-0.15, -0.1) is 0 Å². The second kappa shape index (κ2) is 7.21. The van der Waals surface area contributed by atoms with E-state index >= 15 is 0 Å². The summed E-state index contributed by atoms with van der Waals surface area (Å²) in [6.45, 7) is 4.00. The number of carbonyl (C=O) groups excluding carboxylic acids is 2. The summed E-state index contributed by atoms with van der Waals surface area (Å²) in [6.07, 6.45) is 3.18. The van der Waals surface area contributed by atoms with Crippen molar-refractivity contribution in [3.05, 3.63) is 28.5 Å². The van der Waals surface area contributed by atoms with Crippen molar-refractivity contribution in [1.82, 2.24) is 10.2 Å². The lowest BCUT2D eigenvalue weighted by Gasteiger charge is -2.29. The Morgan fingerprint density at radius 2 is 2.20 bits per heavy atom. The number of amides is 2. The van der Waals surface area contributed by atoms with Gasteiger partial charge in [0.15, 0.2) is 0 Å². The number of nitrogens with zero attached hydrogens (tertiary/aromatic N) is 1. The highest BCUT2D eigenvalue weighted by Gasteiger charge is 2.22. The molecule has 2 heterocycles. The molecule has 5 nitrogen and oxygen atoms in total. The van der Waals surface area contributed by atoms with E-state index in [1.54, 1.807) is 29.2 Å². The van der Waals surface area contributed by atoms with Crippen molar-refractivity contribution in [3.8, 4) is 0 Å². The van der Waals surface area contributed by atoms with Crippen molar-refractivity contribution >= 4 is 29.2 Å². The molecule has 1 aliphatic heterocycles. The average Bonchev–Trinajstić information content (AvgIpc) is 2.98. The maximum atomic E-state index is 12.1. The summed E-state index contributed by atoms with van der Waals surface area (Å²) in [5.41, 5.74) is 0.984. The van der Waals surface area contributed by atoms with E-state index in [1.165, 1.54) is 6.08 Å². The summed E-state index contributed by atoms with van der Waals surface area (Å²) in [4.78, 5) is 25.6. The van der Waals surface area contributed by atoms with Gasteiger partial charge in [0.05, 0.1) is 13.2 Å². The maximum absolute atomic E-state index is 12.1. The van der Waals surface area contributed by atoms with Crippen molar-refractivity contribution < 1.29 is 14.3 Å². The van der Waals surface area contributed by atoms with E-state index < -0.39 is 6.04 Å². The minimum absolute atomic E-state index is 0.0643. The molecule has 20 heavy (non-hydrogen) atoms. The highest BCUT2D eigenvalue weighted by molar-refractivity contribution is 7.08. The molecule has 1 aromatic rings. The summed E-state index contributed by atoms with van der Waals surface area (Å²) in [5.74, 6) is -0.323. The van der Waals surface area contributed by atoms with Gasteiger partial charge in [0.2, 0.25) is 11.8 Å². The Morgan fingerprint density at radius 3 is 2.85 bits per heavy atom. The smallest absolute Gasteiger partial charge is 0.245 e. The largest absolute Gasteiger partial charge is 0.378 e. The van der Waals surface area contributed by atoms with Gasteiger partial charge in [0, 0.05) is 19.2 Å². The van der Waals surface area contributed by atoms with Crippen LogP contribution >= 0.6 is 11.3 Å². The van der Waals surface area contributed by atoms with Crippen molar-refractivity contribution in [2.24, 2.45) is 0 Å². The van der Waals surface area contributed by atoms with Crippen LogP contribution in [0, 0.1) is 0 Å². The topological polar surface area (TPSA) is 58.6 Å². The number of rotatable bonds is 4. The third-order valence-electron chi connectivity index (χ3n) is 3.02. The highest BCUT2D eigenvalue weighted by Crippen LogP contribution is 2.07. The Hall–Kier alpha value is -1.66. The van der Waals surface area contributed by atoms with Crippen molar-refractivity contribution in [1.29, 1.82) is 0 Å². The van der Waals surface area contributed by atoms with Crippen LogP contribution < -0.4 is 5.32 Å². The number of carbonyl (C=O) groups is 2. The molecule has 2 rings (SSSR count). The second-order valence-corrected chi connectivity index (χ2v) is 5.34. The fourth-order valence-electron chi connectivity index (χ4n) is 1.92. The molecule has 0 aliphatic carbocycles. The van der Waals surface area contributed by atoms with E-state index in [1.807, 2.05) is 16.8 Å². The van der Waals surface area contributed by atoms with Crippen LogP contribution in [-0.2, 0) is 14.3 Å². The van der Waals surface area contributed by atoms with Crippen molar-refractivity contribution in [3.63, 3.8) is 0 Å². The molecule has 0 radical (unpaired) electrons. The van der Waals surface area contributed by atoms with Crippen LogP contribution in [0.2, 0.25) is 0 Å². The summed E-state index contributed by atoms with van der Waals surface area (Å²) in [5, 5.41) is 6.58. The van der Waals surface area contributed by atoms with Crippen LogP contribution in [-0.4, -0.2) is 49.1 Å². The Kier molecular flexibility index (Phi) is 5.31. The fourth-order valence-corrected chi connectivity index (χ4v) is 2.55. The molecular formula is C14H18N2O3S. The van der Waals surface area contributed by atoms with E-state index in [0.29, 0.717) is 26.3 Å². The standard InChI is InChI=1S/C14H18N2O3S/c1-11(14(18)16-5-7-19-8-6-16)15-13(17)3-2-12-4-9-20-10-12/h2-4,9-11H,5-8H2,1H3,(H,15,17). The minimum atomic E-state index is -0.521. The van der Waals surface area contributed by atoms with Crippen LogP contribution in [0.25, 0.3) is 6.08 Å². The minimum Gasteiger partial charge on any atom is -0.378 e. The quantitative estimate of drug-likeness (QED) is 0.847. The third-order valence-corrected chi connectivity index (χ3v) is 3.72. The molecule has 1 aromatic heterocycles. The van der Waals surface area contributed by atoms with Crippen LogP contribution in [0.1, 0.15) is 12.5 Å². The molecular weight excluding hydrogens is 276 g/mol. The number of hydrogen-bond acceptors (Lipinski definition) is 4. The number of ether oxygens (including phenoxy) is 1. The first-order valence-electron chi connectivity index (χ1n) is 6.54. The maximum Gasteiger partial charge on any atom is 0.245 e. The summed E-state index contributed by atoms with van der Waals surface area (Å²) in [7, 11) is 0. The van der Waals surface area contributed by atoms with Crippen molar-refractivity contribution in [2.45, 2.75) is 13.0 Å². The third kappa shape index (κ3) is 4.18. The predicted molar refractivity (Wildman–Crippen MR) is 78.4 cm³/mol. The summed E-state index contributed by atoms with van der Waals surface area (Å²) >= 11 is 1.57. The normalized spacial score (nSPS) is 17.1. The predicted octanol–water partition coefficient (Wildman–Crippen LogP) is 1.12. The van der Waals surface area contributed by atoms with Gasteiger partial charge >= 0.3 is 0 Å². The molecule has 108 valence electrons. The first-order valence-corrected chi connectivity index (χ1v) is 7.48. The molecule has 0 spiro atoms. The lowest BCUT2D eigenvalue weighted by atomic mass is 10.2. The van der Waals surface area contributed by atoms with Gasteiger partial charge in [0.1, 0.15) is 6.04 Å². The molecule has 6 heteroatoms. The molecule has 0 aromatic carbocycles. The Bertz CT molecular complexity index is 479. The van der Waals surface area contributed by atoms with Crippen LogP contribution in [0.3, 0.4) is 0 Å². The van der Waals surface area contributed by atoms with Gasteiger partial charge in [-0.3, -0.25) is 9.59 Å². The van der Waals surface area contributed by atoms with E-state index in [-0.39, 0.29) is 11.8 Å². The van der Waals surface area contributed by atoms with Crippen LogP contribution in [0.15, 0.2) is 22.9 Å². The average molecular weight is 294 g/mol. The molecule has 0 saturated carbocycles. The SMILES string of the molecule is CC(NC(=O)C=Cc1ccsc1)C(=O)N1CCOCC1. The number of nitrogens with one attached hydrogen (secondary N) is 1. The number of thiophene rings is 1. The fraction of sp³-hybridized carbons (Fsp3) is 0.429. The van der Waals surface area contributed by atoms with Gasteiger partial charge in [0.25, 0.3) is 0 Å². The molecule has 1 atom stereocenters. The monoisotopic (exact) mass is 294 g/mol. The number of hydrogen-bond donors (Lipinski definition) is 1. The first-order chi connectivity index (χ1) is 9.66. The first kappa shape index (κ1) is 14.7. The van der Waals surface area contributed by atoms with Gasteiger partial charge in [-0.25, -0.2) is 0 Å². The van der Waals surface area contributed by atoms with E-state index in [2.05, 4.69) is 5.32 Å². The summed E-state index contributed by atoms with van der Waals surface area (Å²) < 4.78 is 5.20. The zero-order valence-electron chi connectivity index (χ0n) is 11.4. The Morgan fingerprint density at radius 1 is 1.45 bits per heavy atom. The van der Waals surface area contributed by atoms with Gasteiger partial charge in [-0.05, 0) is 35.4 Å². The molecule has 1 N–H and O–H groups in total. The molecule has 1 saturated heterocycles. The summed E-state index contributed by atoms with van der Waals surface area (Å²) in [6, 6.07) is 1.41.